The fraction of sp³-hybridized carbons (Fsp3) is 0.417. The van der Waals surface area contributed by atoms with Crippen molar-refractivity contribution in [3.05, 3.63) is 33.8 Å². The van der Waals surface area contributed by atoms with Gasteiger partial charge in [0.1, 0.15) is 5.50 Å². The van der Waals surface area contributed by atoms with E-state index in [1.165, 1.54) is 0 Å². The van der Waals surface area contributed by atoms with Crippen LogP contribution in [0.5, 0.6) is 0 Å². The molecular formula is C12H14Cl2N2OS. The van der Waals surface area contributed by atoms with Crippen molar-refractivity contribution < 1.29 is 4.79 Å². The highest BCUT2D eigenvalue weighted by atomic mass is 35.5. The normalized spacial score (nSPS) is 23.8. The van der Waals surface area contributed by atoms with Crippen molar-refractivity contribution in [2.45, 2.75) is 30.6 Å². The van der Waals surface area contributed by atoms with Crippen molar-refractivity contribution >= 4 is 40.9 Å². The predicted octanol–water partition coefficient (Wildman–Crippen LogP) is 3.01. The van der Waals surface area contributed by atoms with E-state index in [0.717, 1.165) is 11.3 Å². The molecule has 0 saturated carbocycles. The number of amides is 1. The van der Waals surface area contributed by atoms with Gasteiger partial charge in [0, 0.05) is 18.2 Å². The molecule has 1 aromatic carbocycles. The lowest BCUT2D eigenvalue weighted by molar-refractivity contribution is -0.123. The summed E-state index contributed by atoms with van der Waals surface area (Å²) in [4.78, 5) is 11.4. The zero-order chi connectivity index (χ0) is 13.1. The lowest BCUT2D eigenvalue weighted by atomic mass is 10.2. The summed E-state index contributed by atoms with van der Waals surface area (Å²) >= 11 is 13.4. The van der Waals surface area contributed by atoms with Crippen LogP contribution < -0.4 is 10.6 Å². The maximum absolute atomic E-state index is 11.4. The number of halogens is 2. The van der Waals surface area contributed by atoms with E-state index in [4.69, 9.17) is 23.2 Å². The molecule has 2 unspecified atom stereocenters. The molecule has 1 aromatic rings. The average Bonchev–Trinajstić information content (AvgIpc) is 2.29. The quantitative estimate of drug-likeness (QED) is 0.902. The molecule has 0 radical (unpaired) electrons. The molecule has 18 heavy (non-hydrogen) atoms. The third kappa shape index (κ3) is 3.79. The predicted molar refractivity (Wildman–Crippen MR) is 76.9 cm³/mol. The van der Waals surface area contributed by atoms with E-state index < -0.39 is 0 Å². The van der Waals surface area contributed by atoms with E-state index in [-0.39, 0.29) is 17.4 Å². The highest BCUT2D eigenvalue weighted by Crippen LogP contribution is 2.25. The molecule has 0 spiro atoms. The van der Waals surface area contributed by atoms with Gasteiger partial charge < -0.3 is 5.32 Å². The largest absolute Gasteiger partial charge is 0.332 e. The summed E-state index contributed by atoms with van der Waals surface area (Å²) in [5.74, 6) is 0.856. The minimum atomic E-state index is -0.0456. The standard InChI is InChI=1S/C12H14Cl2N2OS/c1-7-4-11(17)16-12(15-7)18-6-8-2-3-9(13)10(14)5-8/h2-3,5,7,12,15H,4,6H2,1H3,(H,16,17). The van der Waals surface area contributed by atoms with Gasteiger partial charge >= 0.3 is 0 Å². The summed E-state index contributed by atoms with van der Waals surface area (Å²) in [7, 11) is 0. The van der Waals surface area contributed by atoms with Crippen molar-refractivity contribution in [3.63, 3.8) is 0 Å². The lowest BCUT2D eigenvalue weighted by Gasteiger charge is -2.29. The molecule has 0 bridgehead atoms. The monoisotopic (exact) mass is 304 g/mol. The van der Waals surface area contributed by atoms with Crippen molar-refractivity contribution in [3.8, 4) is 0 Å². The summed E-state index contributed by atoms with van der Waals surface area (Å²) in [6, 6.07) is 5.79. The number of carbonyl (C=O) groups excluding carboxylic acids is 1. The summed E-state index contributed by atoms with van der Waals surface area (Å²) in [5, 5.41) is 7.33. The number of rotatable bonds is 3. The van der Waals surface area contributed by atoms with E-state index >= 15 is 0 Å². The SMILES string of the molecule is CC1CC(=O)NC(SCc2ccc(Cl)c(Cl)c2)N1. The summed E-state index contributed by atoms with van der Waals surface area (Å²) in [6.07, 6.45) is 0.532. The maximum Gasteiger partial charge on any atom is 0.223 e. The van der Waals surface area contributed by atoms with Crippen LogP contribution in [0.3, 0.4) is 0 Å². The minimum Gasteiger partial charge on any atom is -0.332 e. The average molecular weight is 305 g/mol. The highest BCUT2D eigenvalue weighted by Gasteiger charge is 2.22. The van der Waals surface area contributed by atoms with Crippen LogP contribution in [-0.4, -0.2) is 17.4 Å². The number of thioether (sulfide) groups is 1. The van der Waals surface area contributed by atoms with Gasteiger partial charge in [-0.3, -0.25) is 10.1 Å². The van der Waals surface area contributed by atoms with Gasteiger partial charge in [-0.15, -0.1) is 11.8 Å². The molecule has 2 N–H and O–H groups in total. The Morgan fingerprint density at radius 2 is 2.17 bits per heavy atom. The van der Waals surface area contributed by atoms with Crippen LogP contribution in [0.2, 0.25) is 10.0 Å². The van der Waals surface area contributed by atoms with Gasteiger partial charge in [-0.25, -0.2) is 0 Å². The second-order valence-electron chi connectivity index (χ2n) is 4.28. The molecule has 98 valence electrons. The Labute approximate surface area is 121 Å². The molecule has 0 aromatic heterocycles. The van der Waals surface area contributed by atoms with Crippen molar-refractivity contribution in [1.29, 1.82) is 0 Å². The smallest absolute Gasteiger partial charge is 0.223 e. The molecule has 1 heterocycles. The first kappa shape index (κ1) is 14.0. The lowest BCUT2D eigenvalue weighted by Crippen LogP contribution is -2.53. The van der Waals surface area contributed by atoms with E-state index in [0.29, 0.717) is 16.5 Å². The van der Waals surface area contributed by atoms with Gasteiger partial charge in [-0.05, 0) is 24.6 Å². The van der Waals surface area contributed by atoms with Crippen LogP contribution in [0.15, 0.2) is 18.2 Å². The molecule has 1 aliphatic heterocycles. The summed E-state index contributed by atoms with van der Waals surface area (Å²) in [5.41, 5.74) is 1.04. The second kappa shape index (κ2) is 6.15. The zero-order valence-corrected chi connectivity index (χ0v) is 12.2. The van der Waals surface area contributed by atoms with Crippen LogP contribution in [0.1, 0.15) is 18.9 Å². The Hall–Kier alpha value is -0.420. The first-order chi connectivity index (χ1) is 8.54. The van der Waals surface area contributed by atoms with Gasteiger partial charge in [-0.2, -0.15) is 0 Å². The Morgan fingerprint density at radius 1 is 1.39 bits per heavy atom. The third-order valence-electron chi connectivity index (χ3n) is 2.62. The van der Waals surface area contributed by atoms with Gasteiger partial charge in [-0.1, -0.05) is 29.3 Å². The van der Waals surface area contributed by atoms with Crippen LogP contribution >= 0.6 is 35.0 Å². The Morgan fingerprint density at radius 3 is 2.83 bits per heavy atom. The fourth-order valence-corrected chi connectivity index (χ4v) is 3.14. The van der Waals surface area contributed by atoms with Gasteiger partial charge in [0.15, 0.2) is 0 Å². The van der Waals surface area contributed by atoms with E-state index in [2.05, 4.69) is 10.6 Å². The first-order valence-corrected chi connectivity index (χ1v) is 7.46. The number of carbonyl (C=O) groups is 1. The van der Waals surface area contributed by atoms with Crippen LogP contribution in [0.25, 0.3) is 0 Å². The van der Waals surface area contributed by atoms with Crippen molar-refractivity contribution in [2.24, 2.45) is 0 Å². The summed E-state index contributed by atoms with van der Waals surface area (Å²) < 4.78 is 0. The topological polar surface area (TPSA) is 41.1 Å². The Balaban J connectivity index is 1.90. The van der Waals surface area contributed by atoms with E-state index in [1.807, 2.05) is 19.1 Å². The first-order valence-electron chi connectivity index (χ1n) is 5.65. The fourth-order valence-electron chi connectivity index (χ4n) is 1.74. The third-order valence-corrected chi connectivity index (χ3v) is 4.45. The van der Waals surface area contributed by atoms with Crippen LogP contribution in [0, 0.1) is 0 Å². The molecule has 1 saturated heterocycles. The molecule has 2 rings (SSSR count). The highest BCUT2D eigenvalue weighted by molar-refractivity contribution is 7.99. The number of nitrogens with one attached hydrogen (secondary N) is 2. The molecule has 3 nitrogen and oxygen atoms in total. The Kier molecular flexibility index (Phi) is 4.78. The van der Waals surface area contributed by atoms with E-state index in [1.54, 1.807) is 17.8 Å². The summed E-state index contributed by atoms with van der Waals surface area (Å²) in [6.45, 7) is 2.01. The second-order valence-corrected chi connectivity index (χ2v) is 6.19. The zero-order valence-electron chi connectivity index (χ0n) is 9.87. The van der Waals surface area contributed by atoms with Gasteiger partial charge in [0.2, 0.25) is 5.91 Å². The molecule has 6 heteroatoms. The molecule has 1 aliphatic rings. The number of benzene rings is 1. The maximum atomic E-state index is 11.4. The molecule has 1 fully saturated rings. The van der Waals surface area contributed by atoms with Gasteiger partial charge in [0.25, 0.3) is 0 Å². The number of hydrogen-bond donors (Lipinski definition) is 2. The number of hydrogen-bond acceptors (Lipinski definition) is 3. The minimum absolute atomic E-state index is 0.0456. The van der Waals surface area contributed by atoms with Crippen molar-refractivity contribution in [2.75, 3.05) is 0 Å². The van der Waals surface area contributed by atoms with E-state index in [9.17, 15) is 4.79 Å². The molecular weight excluding hydrogens is 291 g/mol. The Bertz CT molecular complexity index is 456. The van der Waals surface area contributed by atoms with Crippen molar-refractivity contribution in [1.82, 2.24) is 10.6 Å². The van der Waals surface area contributed by atoms with Gasteiger partial charge in [0.05, 0.1) is 10.0 Å². The van der Waals surface area contributed by atoms with Crippen LogP contribution in [0.4, 0.5) is 0 Å². The molecule has 2 atom stereocenters. The molecule has 0 aliphatic carbocycles. The van der Waals surface area contributed by atoms with Crippen LogP contribution in [-0.2, 0) is 10.5 Å². The molecule has 1 amide bonds.